The molecule has 0 radical (unpaired) electrons. The number of rotatable bonds is 6. The van der Waals surface area contributed by atoms with Gasteiger partial charge in [0.1, 0.15) is 0 Å². The second-order valence-corrected chi connectivity index (χ2v) is 14.7. The normalized spacial score (nSPS) is 28.6. The van der Waals surface area contributed by atoms with E-state index >= 15 is 0 Å². The van der Waals surface area contributed by atoms with Crippen LogP contribution in [-0.2, 0) is 19.8 Å². The molecule has 2 aliphatic rings. The molecular weight excluding hydrogens is 551 g/mol. The van der Waals surface area contributed by atoms with Crippen molar-refractivity contribution in [3.05, 3.63) is 59.3 Å². The zero-order valence-corrected chi connectivity index (χ0v) is 25.4. The van der Waals surface area contributed by atoms with Gasteiger partial charge in [-0.15, -0.1) is 0 Å². The first-order chi connectivity index (χ1) is 17.1. The minimum absolute atomic E-state index is 0.0312. The molecule has 190 valence electrons. The highest BCUT2D eigenvalue weighted by Gasteiger charge is 2.57. The van der Waals surface area contributed by atoms with Crippen LogP contribution in [0.1, 0.15) is 110 Å². The van der Waals surface area contributed by atoms with Crippen molar-refractivity contribution in [3.8, 4) is 0 Å². The van der Waals surface area contributed by atoms with Gasteiger partial charge in [-0.3, -0.25) is 0 Å². The van der Waals surface area contributed by atoms with Gasteiger partial charge in [0.25, 0.3) is 5.65 Å². The SMILES string of the molecule is CCCCCC1(C)CC(C)(C)c2cc3c(cc21)n1ccc2cccc4c2c1[n+]3C(I)(CC)C4(C)CC. The van der Waals surface area contributed by atoms with Crippen LogP contribution >= 0.6 is 22.6 Å². The second kappa shape index (κ2) is 7.94. The summed E-state index contributed by atoms with van der Waals surface area (Å²) in [7, 11) is 0. The molecule has 0 saturated carbocycles. The summed E-state index contributed by atoms with van der Waals surface area (Å²) in [4.78, 5) is 0. The zero-order chi connectivity index (χ0) is 25.7. The van der Waals surface area contributed by atoms with Crippen LogP contribution in [0, 0.1) is 0 Å². The van der Waals surface area contributed by atoms with Crippen LogP contribution in [0.15, 0.2) is 42.6 Å². The number of halogens is 1. The van der Waals surface area contributed by atoms with Gasteiger partial charge in [0.2, 0.25) is 0 Å². The molecule has 6 rings (SSSR count). The van der Waals surface area contributed by atoms with Crippen LogP contribution in [0.5, 0.6) is 0 Å². The van der Waals surface area contributed by atoms with Crippen LogP contribution < -0.4 is 4.57 Å². The number of pyridine rings is 1. The Bertz CT molecular complexity index is 1530. The third-order valence-corrected chi connectivity index (χ3v) is 12.7. The van der Waals surface area contributed by atoms with E-state index in [0.717, 1.165) is 12.8 Å². The minimum atomic E-state index is -0.0312. The maximum atomic E-state index is 2.83. The molecule has 1 aliphatic heterocycles. The lowest BCUT2D eigenvalue weighted by molar-refractivity contribution is -0.695. The van der Waals surface area contributed by atoms with E-state index in [4.69, 9.17) is 0 Å². The largest absolute Gasteiger partial charge is 0.296 e. The van der Waals surface area contributed by atoms with Gasteiger partial charge >= 0.3 is 0 Å². The maximum absolute atomic E-state index is 2.83. The highest BCUT2D eigenvalue weighted by atomic mass is 127. The molecule has 3 atom stereocenters. The number of benzene rings is 2. The Morgan fingerprint density at radius 2 is 1.69 bits per heavy atom. The van der Waals surface area contributed by atoms with E-state index in [1.54, 1.807) is 11.1 Å². The van der Waals surface area contributed by atoms with Crippen molar-refractivity contribution in [3.63, 3.8) is 0 Å². The molecule has 4 aromatic rings. The molecule has 3 heterocycles. The molecule has 1 aliphatic carbocycles. The Labute approximate surface area is 230 Å². The monoisotopic (exact) mass is 593 g/mol. The highest BCUT2D eigenvalue weighted by molar-refractivity contribution is 14.1. The number of alkyl halides is 1. The Morgan fingerprint density at radius 1 is 0.917 bits per heavy atom. The first kappa shape index (κ1) is 24.7. The maximum Gasteiger partial charge on any atom is 0.296 e. The van der Waals surface area contributed by atoms with Crippen molar-refractivity contribution in [1.29, 1.82) is 0 Å². The second-order valence-electron chi connectivity index (χ2n) is 12.9. The zero-order valence-electron chi connectivity index (χ0n) is 23.3. The van der Waals surface area contributed by atoms with E-state index < -0.39 is 0 Å². The Kier molecular flexibility index (Phi) is 5.45. The Hall–Kier alpha value is -1.62. The first-order valence-corrected chi connectivity index (χ1v) is 15.3. The van der Waals surface area contributed by atoms with Crippen molar-refractivity contribution < 1.29 is 4.57 Å². The van der Waals surface area contributed by atoms with Crippen LogP contribution in [0.25, 0.3) is 27.5 Å². The summed E-state index contributed by atoms with van der Waals surface area (Å²) in [5.41, 5.74) is 9.39. The first-order valence-electron chi connectivity index (χ1n) is 14.2. The van der Waals surface area contributed by atoms with Gasteiger partial charge in [-0.05, 0) is 99.4 Å². The lowest BCUT2D eigenvalue weighted by atomic mass is 9.69. The van der Waals surface area contributed by atoms with E-state index in [9.17, 15) is 0 Å². The molecule has 3 unspecified atom stereocenters. The molecule has 0 saturated heterocycles. The molecule has 0 bridgehead atoms. The van der Waals surface area contributed by atoms with E-state index in [-0.39, 0.29) is 19.8 Å². The quantitative estimate of drug-likeness (QED) is 0.0912. The van der Waals surface area contributed by atoms with Gasteiger partial charge in [-0.1, -0.05) is 85.9 Å². The number of hydrogen-bond acceptors (Lipinski definition) is 0. The van der Waals surface area contributed by atoms with Gasteiger partial charge in [0.15, 0.2) is 14.6 Å². The summed E-state index contributed by atoms with van der Waals surface area (Å²) >= 11 is 2.83. The Morgan fingerprint density at radius 3 is 2.39 bits per heavy atom. The fourth-order valence-electron chi connectivity index (χ4n) is 8.28. The summed E-state index contributed by atoms with van der Waals surface area (Å²) in [5.74, 6) is 0. The molecular formula is C33H42IN2+. The fourth-order valence-corrected chi connectivity index (χ4v) is 9.44. The van der Waals surface area contributed by atoms with Crippen molar-refractivity contribution >= 4 is 50.0 Å². The molecule has 2 aromatic carbocycles. The van der Waals surface area contributed by atoms with E-state index in [1.807, 2.05) is 0 Å². The average Bonchev–Trinajstić information content (AvgIpc) is 3.30. The van der Waals surface area contributed by atoms with Crippen molar-refractivity contribution in [2.75, 3.05) is 0 Å². The lowest BCUT2D eigenvalue weighted by Gasteiger charge is -2.45. The summed E-state index contributed by atoms with van der Waals surface area (Å²) in [6.45, 7) is 17.1. The number of hydrogen-bond donors (Lipinski definition) is 0. The number of imidazole rings is 1. The van der Waals surface area contributed by atoms with Crippen LogP contribution in [0.4, 0.5) is 0 Å². The van der Waals surface area contributed by atoms with Crippen LogP contribution in [-0.4, -0.2) is 4.40 Å². The van der Waals surface area contributed by atoms with E-state index in [2.05, 4.69) is 123 Å². The smallest absolute Gasteiger partial charge is 0.207 e. The number of unbranched alkanes of at least 4 members (excludes halogenated alkanes) is 2. The van der Waals surface area contributed by atoms with Crippen LogP contribution in [0.2, 0.25) is 0 Å². The fraction of sp³-hybridized carbons (Fsp3) is 0.545. The number of nitrogens with zero attached hydrogens (tertiary/aromatic N) is 2. The summed E-state index contributed by atoms with van der Waals surface area (Å²) in [6.07, 6.45) is 11.0. The minimum Gasteiger partial charge on any atom is -0.207 e. The van der Waals surface area contributed by atoms with Gasteiger partial charge < -0.3 is 0 Å². The number of fused-ring (bicyclic) bond motifs is 4. The standard InChI is InChI=1S/C33H42IN2/c1-8-11-12-17-31(6)21-30(4,5)24-19-27-26(20-25(24)31)35-18-16-22-14-13-15-23-28(22)29(35)36(27)33(34,10-3)32(23,7)9-2/h13-16,18-20H,8-12,17,21H2,1-7H3/q+1. The van der Waals surface area contributed by atoms with Crippen molar-refractivity contribution in [1.82, 2.24) is 4.40 Å². The third kappa shape index (κ3) is 2.93. The molecule has 3 heteroatoms. The summed E-state index contributed by atoms with van der Waals surface area (Å²) < 4.78 is 5.25. The molecule has 0 spiro atoms. The lowest BCUT2D eigenvalue weighted by Crippen LogP contribution is -2.64. The van der Waals surface area contributed by atoms with Gasteiger partial charge in [-0.2, -0.15) is 4.40 Å². The highest BCUT2D eigenvalue weighted by Crippen LogP contribution is 2.56. The summed E-state index contributed by atoms with van der Waals surface area (Å²) in [5, 5.41) is 2.81. The van der Waals surface area contributed by atoms with Gasteiger partial charge in [-0.25, -0.2) is 4.57 Å². The predicted molar refractivity (Wildman–Crippen MR) is 162 cm³/mol. The molecule has 0 amide bonds. The topological polar surface area (TPSA) is 8.29 Å². The van der Waals surface area contributed by atoms with E-state index in [0.29, 0.717) is 0 Å². The third-order valence-electron chi connectivity index (χ3n) is 10.3. The molecule has 2 nitrogen and oxygen atoms in total. The molecule has 0 fully saturated rings. The predicted octanol–water partition coefficient (Wildman–Crippen LogP) is 9.23. The van der Waals surface area contributed by atoms with Gasteiger partial charge in [0, 0.05) is 5.41 Å². The number of aromatic nitrogens is 2. The van der Waals surface area contributed by atoms with Crippen molar-refractivity contribution in [2.24, 2.45) is 0 Å². The molecule has 2 aromatic heterocycles. The van der Waals surface area contributed by atoms with Gasteiger partial charge in [0.05, 0.1) is 11.6 Å². The molecule has 0 N–H and O–H groups in total. The van der Waals surface area contributed by atoms with Crippen LogP contribution in [0.3, 0.4) is 0 Å². The average molecular weight is 594 g/mol. The van der Waals surface area contributed by atoms with E-state index in [1.165, 1.54) is 65.1 Å². The molecule has 36 heavy (non-hydrogen) atoms. The Balaban J connectivity index is 1.76. The van der Waals surface area contributed by atoms with Crippen molar-refractivity contribution in [2.45, 2.75) is 113 Å². The summed E-state index contributed by atoms with van der Waals surface area (Å²) in [6, 6.07) is 14.5.